The van der Waals surface area contributed by atoms with E-state index in [0.717, 1.165) is 22.4 Å². The standard InChI is InChI=1S/C17H20N2O4/c1-5-11-10(3)16(22)18-14(11)8-13-9(2)12(6-7-15(20)21)17(19-13)23-4/h5,8,19H,1,6-7H2,2-4H3,(H,18,22)(H,20,21)/b14-8+. The molecule has 1 amide bonds. The van der Waals surface area contributed by atoms with Crippen molar-refractivity contribution in [1.82, 2.24) is 10.3 Å². The number of rotatable bonds is 6. The minimum atomic E-state index is -0.858. The van der Waals surface area contributed by atoms with Crippen molar-refractivity contribution in [3.63, 3.8) is 0 Å². The van der Waals surface area contributed by atoms with Crippen LogP contribution in [-0.2, 0) is 16.0 Å². The number of carbonyl (C=O) groups excluding carboxylic acids is 1. The molecule has 0 unspecified atom stereocenters. The Balaban J connectivity index is 2.41. The predicted molar refractivity (Wildman–Crippen MR) is 87.1 cm³/mol. The number of aromatic amines is 1. The van der Waals surface area contributed by atoms with Crippen LogP contribution in [-0.4, -0.2) is 29.1 Å². The highest BCUT2D eigenvalue weighted by molar-refractivity contribution is 6.01. The summed E-state index contributed by atoms with van der Waals surface area (Å²) in [6, 6.07) is 0. The summed E-state index contributed by atoms with van der Waals surface area (Å²) in [6.45, 7) is 7.37. The van der Waals surface area contributed by atoms with Gasteiger partial charge >= 0.3 is 5.97 Å². The minimum absolute atomic E-state index is 0.0265. The van der Waals surface area contributed by atoms with Gasteiger partial charge in [0.25, 0.3) is 5.91 Å². The van der Waals surface area contributed by atoms with Crippen molar-refractivity contribution in [1.29, 1.82) is 0 Å². The lowest BCUT2D eigenvalue weighted by atomic mass is 10.0. The van der Waals surface area contributed by atoms with Crippen molar-refractivity contribution in [2.45, 2.75) is 26.7 Å². The second-order valence-electron chi connectivity index (χ2n) is 5.32. The Bertz CT molecular complexity index is 738. The third kappa shape index (κ3) is 3.21. The molecule has 0 bridgehead atoms. The summed E-state index contributed by atoms with van der Waals surface area (Å²) in [7, 11) is 1.53. The molecule has 0 saturated carbocycles. The molecule has 6 nitrogen and oxygen atoms in total. The zero-order valence-electron chi connectivity index (χ0n) is 13.4. The first-order valence-corrected chi connectivity index (χ1v) is 7.23. The number of carboxylic acid groups (broad SMARTS) is 1. The molecule has 3 N–H and O–H groups in total. The van der Waals surface area contributed by atoms with Gasteiger partial charge in [-0.15, -0.1) is 0 Å². The number of aromatic nitrogens is 1. The summed E-state index contributed by atoms with van der Waals surface area (Å²) >= 11 is 0. The van der Waals surface area contributed by atoms with Crippen molar-refractivity contribution in [2.24, 2.45) is 0 Å². The van der Waals surface area contributed by atoms with E-state index in [2.05, 4.69) is 16.9 Å². The molecule has 2 heterocycles. The molecule has 1 aromatic heterocycles. The van der Waals surface area contributed by atoms with Crippen LogP contribution in [0.4, 0.5) is 0 Å². The molecular formula is C17H20N2O4. The molecule has 23 heavy (non-hydrogen) atoms. The van der Waals surface area contributed by atoms with Crippen molar-refractivity contribution in [3.05, 3.63) is 46.3 Å². The first kappa shape index (κ1) is 16.6. The highest BCUT2D eigenvalue weighted by Gasteiger charge is 2.23. The van der Waals surface area contributed by atoms with E-state index in [9.17, 15) is 9.59 Å². The SMILES string of the molecule is C=CC1=C(C)C(=O)N/C1=C/c1[nH]c(OC)c(CCC(=O)O)c1C. The monoisotopic (exact) mass is 316 g/mol. The van der Waals surface area contributed by atoms with Gasteiger partial charge in [0, 0.05) is 28.8 Å². The molecule has 1 aliphatic rings. The molecule has 6 heteroatoms. The van der Waals surface area contributed by atoms with Gasteiger partial charge in [0.1, 0.15) is 0 Å². The van der Waals surface area contributed by atoms with E-state index in [1.54, 1.807) is 13.0 Å². The first-order chi connectivity index (χ1) is 10.9. The molecule has 0 atom stereocenters. The minimum Gasteiger partial charge on any atom is -0.482 e. The van der Waals surface area contributed by atoms with E-state index in [1.165, 1.54) is 7.11 Å². The summed E-state index contributed by atoms with van der Waals surface area (Å²) in [5, 5.41) is 11.7. The number of amides is 1. The molecule has 0 aliphatic carbocycles. The number of nitrogens with one attached hydrogen (secondary N) is 2. The zero-order chi connectivity index (χ0) is 17.1. The number of carbonyl (C=O) groups is 2. The van der Waals surface area contributed by atoms with Crippen LogP contribution >= 0.6 is 0 Å². The maximum atomic E-state index is 11.8. The first-order valence-electron chi connectivity index (χ1n) is 7.23. The van der Waals surface area contributed by atoms with Gasteiger partial charge in [-0.3, -0.25) is 9.59 Å². The van der Waals surface area contributed by atoms with Gasteiger partial charge in [-0.05, 0) is 31.9 Å². The fourth-order valence-electron chi connectivity index (χ4n) is 2.60. The molecule has 0 saturated heterocycles. The van der Waals surface area contributed by atoms with E-state index < -0.39 is 5.97 Å². The summed E-state index contributed by atoms with van der Waals surface area (Å²) in [4.78, 5) is 25.7. The molecule has 0 fully saturated rings. The summed E-state index contributed by atoms with van der Waals surface area (Å²) in [5.41, 5.74) is 4.54. The maximum absolute atomic E-state index is 11.8. The van der Waals surface area contributed by atoms with Crippen molar-refractivity contribution < 1.29 is 19.4 Å². The number of methoxy groups -OCH3 is 1. The van der Waals surface area contributed by atoms with Crippen molar-refractivity contribution in [2.75, 3.05) is 7.11 Å². The van der Waals surface area contributed by atoms with Gasteiger partial charge in [0.05, 0.1) is 12.8 Å². The molecule has 0 spiro atoms. The van der Waals surface area contributed by atoms with Gasteiger partial charge in [0.15, 0.2) is 5.88 Å². The normalized spacial score (nSPS) is 16.0. The third-order valence-electron chi connectivity index (χ3n) is 3.95. The van der Waals surface area contributed by atoms with Crippen LogP contribution in [0, 0.1) is 6.92 Å². The second kappa shape index (κ2) is 6.56. The number of ether oxygens (including phenoxy) is 1. The molecule has 1 aliphatic heterocycles. The smallest absolute Gasteiger partial charge is 0.303 e. The summed E-state index contributed by atoms with van der Waals surface area (Å²) < 4.78 is 5.30. The van der Waals surface area contributed by atoms with Crippen LogP contribution in [0.1, 0.15) is 30.2 Å². The van der Waals surface area contributed by atoms with Crippen molar-refractivity contribution in [3.8, 4) is 5.88 Å². The lowest BCUT2D eigenvalue weighted by Gasteiger charge is -2.02. The van der Waals surface area contributed by atoms with Crippen LogP contribution in [0.5, 0.6) is 5.88 Å². The van der Waals surface area contributed by atoms with Crippen LogP contribution in [0.15, 0.2) is 29.5 Å². The summed E-state index contributed by atoms with van der Waals surface area (Å²) in [5.74, 6) is -0.461. The van der Waals surface area contributed by atoms with E-state index in [0.29, 0.717) is 23.6 Å². The number of allylic oxidation sites excluding steroid dienone is 1. The highest BCUT2D eigenvalue weighted by Crippen LogP contribution is 2.30. The Labute approximate surface area is 134 Å². The van der Waals surface area contributed by atoms with E-state index >= 15 is 0 Å². The Morgan fingerprint density at radius 3 is 2.65 bits per heavy atom. The second-order valence-corrected chi connectivity index (χ2v) is 5.32. The van der Waals surface area contributed by atoms with E-state index in [4.69, 9.17) is 9.84 Å². The number of H-pyrrole nitrogens is 1. The average Bonchev–Trinajstić information content (AvgIpc) is 2.95. The topological polar surface area (TPSA) is 91.4 Å². The van der Waals surface area contributed by atoms with Crippen LogP contribution < -0.4 is 10.1 Å². The fraction of sp³-hybridized carbons (Fsp3) is 0.294. The molecule has 1 aromatic rings. The Kier molecular flexibility index (Phi) is 4.74. The number of carboxylic acids is 1. The zero-order valence-corrected chi connectivity index (χ0v) is 13.4. The largest absolute Gasteiger partial charge is 0.482 e. The van der Waals surface area contributed by atoms with E-state index in [-0.39, 0.29) is 12.3 Å². The fourth-order valence-corrected chi connectivity index (χ4v) is 2.60. The van der Waals surface area contributed by atoms with Gasteiger partial charge in [-0.2, -0.15) is 0 Å². The maximum Gasteiger partial charge on any atom is 0.303 e. The molecule has 122 valence electrons. The molecular weight excluding hydrogens is 296 g/mol. The van der Waals surface area contributed by atoms with Gasteiger partial charge in [0.2, 0.25) is 0 Å². The lowest BCUT2D eigenvalue weighted by Crippen LogP contribution is -2.15. The van der Waals surface area contributed by atoms with Gasteiger partial charge in [-0.1, -0.05) is 12.7 Å². The van der Waals surface area contributed by atoms with Crippen molar-refractivity contribution >= 4 is 18.0 Å². The Hall–Kier alpha value is -2.76. The van der Waals surface area contributed by atoms with Crippen LogP contribution in [0.2, 0.25) is 0 Å². The molecule has 0 aromatic carbocycles. The molecule has 0 radical (unpaired) electrons. The quantitative estimate of drug-likeness (QED) is 0.751. The van der Waals surface area contributed by atoms with Gasteiger partial charge in [-0.25, -0.2) is 0 Å². The summed E-state index contributed by atoms with van der Waals surface area (Å²) in [6.07, 6.45) is 3.85. The predicted octanol–water partition coefficient (Wildman–Crippen LogP) is 2.32. The lowest BCUT2D eigenvalue weighted by molar-refractivity contribution is -0.137. The average molecular weight is 316 g/mol. The van der Waals surface area contributed by atoms with Crippen LogP contribution in [0.25, 0.3) is 6.08 Å². The number of hydrogen-bond acceptors (Lipinski definition) is 3. The van der Waals surface area contributed by atoms with Gasteiger partial charge < -0.3 is 20.1 Å². The van der Waals surface area contributed by atoms with Crippen LogP contribution in [0.3, 0.4) is 0 Å². The third-order valence-corrected chi connectivity index (χ3v) is 3.95. The Morgan fingerprint density at radius 1 is 1.39 bits per heavy atom. The highest BCUT2D eigenvalue weighted by atomic mass is 16.5. The number of hydrogen-bond donors (Lipinski definition) is 3. The number of aliphatic carboxylic acids is 1. The van der Waals surface area contributed by atoms with E-state index in [1.807, 2.05) is 13.0 Å². The molecule has 2 rings (SSSR count). The Morgan fingerprint density at radius 2 is 2.09 bits per heavy atom.